The molecule has 0 heterocycles. The van der Waals surface area contributed by atoms with E-state index in [0.29, 0.717) is 0 Å². The molecule has 2 aromatic carbocycles. The highest BCUT2D eigenvalue weighted by Crippen LogP contribution is 2.30. The smallest absolute Gasteiger partial charge is 0.206 e. The van der Waals surface area contributed by atoms with Crippen molar-refractivity contribution in [1.82, 2.24) is 0 Å². The lowest BCUT2D eigenvalue weighted by atomic mass is 10.3. The number of phenolic OH excluding ortho intramolecular Hbond substituents is 2. The van der Waals surface area contributed by atoms with Crippen molar-refractivity contribution in [2.24, 2.45) is 0 Å². The van der Waals surface area contributed by atoms with Crippen LogP contribution >= 0.6 is 24.8 Å². The predicted octanol–water partition coefficient (Wildman–Crippen LogP) is 1.11. The third-order valence-corrected chi connectivity index (χ3v) is 4.37. The Bertz CT molecular complexity index is 696. The van der Waals surface area contributed by atoms with Crippen LogP contribution in [0.1, 0.15) is 0 Å². The van der Waals surface area contributed by atoms with Crippen molar-refractivity contribution in [3.05, 3.63) is 36.4 Å². The Morgan fingerprint density at radius 2 is 1.09 bits per heavy atom. The van der Waals surface area contributed by atoms with Gasteiger partial charge in [0, 0.05) is 0 Å². The number of aromatic hydroxyl groups is 2. The van der Waals surface area contributed by atoms with Gasteiger partial charge >= 0.3 is 0 Å². The average molecular weight is 371 g/mol. The number of hydrogen-bond donors (Lipinski definition) is 4. The maximum absolute atomic E-state index is 12.3. The quantitative estimate of drug-likeness (QED) is 0.457. The van der Waals surface area contributed by atoms with Gasteiger partial charge in [-0.2, -0.15) is 0 Å². The zero-order valence-corrected chi connectivity index (χ0v) is 13.5. The van der Waals surface area contributed by atoms with Gasteiger partial charge in [0.05, 0.1) is 21.2 Å². The topological polar surface area (TPSA) is 158 Å². The first-order chi connectivity index (χ1) is 8.82. The lowest BCUT2D eigenvalue weighted by molar-refractivity contribution is 0.477. The molecule has 7 nitrogen and oxygen atoms in total. The van der Waals surface area contributed by atoms with Crippen LogP contribution in [0.4, 0.5) is 11.4 Å². The molecule has 22 heavy (non-hydrogen) atoms. The molecular weight excluding hydrogens is 355 g/mol. The Kier molecular flexibility index (Phi) is 8.10. The Morgan fingerprint density at radius 3 is 1.36 bits per heavy atom. The van der Waals surface area contributed by atoms with Gasteiger partial charge in [-0.3, -0.25) is 0 Å². The molecule has 0 aliphatic rings. The molecule has 0 unspecified atom stereocenters. The maximum atomic E-state index is 12.3. The number of hydrogen-bond acceptors (Lipinski definition) is 6. The Balaban J connectivity index is 0. The van der Waals surface area contributed by atoms with Gasteiger partial charge in [-0.25, -0.2) is 8.42 Å². The van der Waals surface area contributed by atoms with E-state index in [1.807, 2.05) is 0 Å². The standard InChI is InChI=1S/C12H12N2O4S.2ClH.H2O/c13-9-5-7(1-3-11(9)15)19(17,18)8-2-4-12(16)10(14)6-8;;;/h1-6,15-16H,13-14H2;2*1H;1H2. The van der Waals surface area contributed by atoms with E-state index in [1.165, 1.54) is 24.3 Å². The van der Waals surface area contributed by atoms with E-state index in [0.717, 1.165) is 12.1 Å². The summed E-state index contributed by atoms with van der Waals surface area (Å²) in [6.45, 7) is 0. The molecule has 0 saturated carbocycles. The number of halogens is 2. The largest absolute Gasteiger partial charge is 0.506 e. The molecule has 0 aliphatic heterocycles. The van der Waals surface area contributed by atoms with Crippen molar-refractivity contribution in [3.63, 3.8) is 0 Å². The molecule has 2 rings (SSSR count). The van der Waals surface area contributed by atoms with E-state index >= 15 is 0 Å². The van der Waals surface area contributed by atoms with Crippen molar-refractivity contribution in [2.45, 2.75) is 9.79 Å². The summed E-state index contributed by atoms with van der Waals surface area (Å²) in [5.41, 5.74) is 10.9. The van der Waals surface area contributed by atoms with Crippen LogP contribution in [-0.4, -0.2) is 24.1 Å². The fourth-order valence-corrected chi connectivity index (χ4v) is 2.87. The summed E-state index contributed by atoms with van der Waals surface area (Å²) in [6, 6.07) is 7.20. The van der Waals surface area contributed by atoms with Crippen LogP contribution in [0, 0.1) is 0 Å². The normalized spacial score (nSPS) is 9.82. The van der Waals surface area contributed by atoms with E-state index in [-0.39, 0.29) is 63.0 Å². The minimum atomic E-state index is -3.80. The van der Waals surface area contributed by atoms with Crippen LogP contribution in [0.2, 0.25) is 0 Å². The zero-order chi connectivity index (χ0) is 14.2. The number of phenols is 2. The number of benzene rings is 2. The second-order valence-corrected chi connectivity index (χ2v) is 5.89. The van der Waals surface area contributed by atoms with Gasteiger partial charge in [0.1, 0.15) is 11.5 Å². The lowest BCUT2D eigenvalue weighted by Crippen LogP contribution is -2.03. The average Bonchev–Trinajstić information content (AvgIpc) is 2.35. The van der Waals surface area contributed by atoms with Crippen LogP contribution in [0.3, 0.4) is 0 Å². The Labute approximate surface area is 139 Å². The van der Waals surface area contributed by atoms with Gasteiger partial charge < -0.3 is 27.2 Å². The summed E-state index contributed by atoms with van der Waals surface area (Å²) in [5, 5.41) is 18.6. The molecule has 0 saturated heterocycles. The minimum Gasteiger partial charge on any atom is -0.506 e. The van der Waals surface area contributed by atoms with Gasteiger partial charge in [-0.1, -0.05) is 0 Å². The number of anilines is 2. The van der Waals surface area contributed by atoms with Crippen LogP contribution in [0.15, 0.2) is 46.2 Å². The van der Waals surface area contributed by atoms with Gasteiger partial charge in [0.2, 0.25) is 9.84 Å². The first-order valence-corrected chi connectivity index (χ1v) is 6.73. The number of nitrogen functional groups attached to an aromatic ring is 2. The van der Waals surface area contributed by atoms with E-state index in [4.69, 9.17) is 11.5 Å². The molecule has 0 aliphatic carbocycles. The maximum Gasteiger partial charge on any atom is 0.206 e. The van der Waals surface area contributed by atoms with Gasteiger partial charge in [0.15, 0.2) is 0 Å². The summed E-state index contributed by atoms with van der Waals surface area (Å²) in [5.74, 6) is -0.381. The first-order valence-electron chi connectivity index (χ1n) is 5.24. The predicted molar refractivity (Wildman–Crippen MR) is 88.6 cm³/mol. The first kappa shape index (κ1) is 22.4. The van der Waals surface area contributed by atoms with Crippen LogP contribution < -0.4 is 11.5 Å². The van der Waals surface area contributed by atoms with Gasteiger partial charge in [-0.05, 0) is 36.4 Å². The molecule has 0 amide bonds. The van der Waals surface area contributed by atoms with Gasteiger partial charge in [-0.15, -0.1) is 24.8 Å². The molecule has 0 fully saturated rings. The van der Waals surface area contributed by atoms with E-state index in [9.17, 15) is 18.6 Å². The highest BCUT2D eigenvalue weighted by atomic mass is 35.5. The van der Waals surface area contributed by atoms with E-state index in [1.54, 1.807) is 0 Å². The summed E-state index contributed by atoms with van der Waals surface area (Å²) >= 11 is 0. The molecule has 124 valence electrons. The Hall–Kier alpha value is -1.87. The highest BCUT2D eigenvalue weighted by Gasteiger charge is 2.19. The number of sulfone groups is 1. The molecule has 0 spiro atoms. The highest BCUT2D eigenvalue weighted by molar-refractivity contribution is 7.91. The summed E-state index contributed by atoms with van der Waals surface area (Å²) in [7, 11) is -3.80. The number of rotatable bonds is 2. The third-order valence-electron chi connectivity index (χ3n) is 2.62. The molecule has 0 bridgehead atoms. The van der Waals surface area contributed by atoms with Crippen LogP contribution in [0.5, 0.6) is 11.5 Å². The molecule has 10 heteroatoms. The van der Waals surface area contributed by atoms with E-state index < -0.39 is 9.84 Å². The van der Waals surface area contributed by atoms with Crippen molar-refractivity contribution in [2.75, 3.05) is 11.5 Å². The molecule has 2 aromatic rings. The molecule has 8 N–H and O–H groups in total. The zero-order valence-electron chi connectivity index (χ0n) is 11.1. The molecule has 0 aromatic heterocycles. The number of nitrogens with two attached hydrogens (primary N) is 2. The van der Waals surface area contributed by atoms with Crippen molar-refractivity contribution < 1.29 is 24.1 Å². The third kappa shape index (κ3) is 4.08. The second kappa shape index (κ2) is 7.95. The monoisotopic (exact) mass is 370 g/mol. The van der Waals surface area contributed by atoms with Crippen molar-refractivity contribution in [1.29, 1.82) is 0 Å². The molecule has 0 radical (unpaired) electrons. The fraction of sp³-hybridized carbons (Fsp3) is 0. The van der Waals surface area contributed by atoms with Crippen molar-refractivity contribution >= 4 is 46.0 Å². The molecular formula is C12H16Cl2N2O5S. The second-order valence-electron chi connectivity index (χ2n) is 3.94. The Morgan fingerprint density at radius 1 is 0.773 bits per heavy atom. The summed E-state index contributed by atoms with van der Waals surface area (Å²) < 4.78 is 24.6. The van der Waals surface area contributed by atoms with E-state index in [2.05, 4.69) is 0 Å². The SMILES string of the molecule is Cl.Cl.Nc1cc(S(=O)(=O)c2ccc(O)c(N)c2)ccc1O.O. The lowest BCUT2D eigenvalue weighted by Gasteiger charge is -2.08. The van der Waals surface area contributed by atoms with Crippen LogP contribution in [0.25, 0.3) is 0 Å². The summed E-state index contributed by atoms with van der Waals surface area (Å²) in [4.78, 5) is -0.124. The van der Waals surface area contributed by atoms with Gasteiger partial charge in [0.25, 0.3) is 0 Å². The molecule has 0 atom stereocenters. The minimum absolute atomic E-state index is 0. The summed E-state index contributed by atoms with van der Waals surface area (Å²) in [6.07, 6.45) is 0. The van der Waals surface area contributed by atoms with Crippen molar-refractivity contribution in [3.8, 4) is 11.5 Å². The van der Waals surface area contributed by atoms with Crippen LogP contribution in [-0.2, 0) is 9.84 Å². The fourth-order valence-electron chi connectivity index (χ4n) is 1.54.